The molecule has 3 nitrogen and oxygen atoms in total. The Hall–Kier alpha value is -0.870. The van der Waals surface area contributed by atoms with Crippen LogP contribution in [0.4, 0.5) is 0 Å². The molecule has 0 spiro atoms. The van der Waals surface area contributed by atoms with E-state index >= 15 is 0 Å². The van der Waals surface area contributed by atoms with Gasteiger partial charge in [0, 0.05) is 12.3 Å². The van der Waals surface area contributed by atoms with Gasteiger partial charge in [-0.25, -0.2) is 8.42 Å². The molecule has 1 aromatic rings. The second kappa shape index (κ2) is 5.85. The van der Waals surface area contributed by atoms with Gasteiger partial charge in [-0.15, -0.1) is 0 Å². The molecule has 0 aromatic heterocycles. The van der Waals surface area contributed by atoms with Crippen LogP contribution in [0.15, 0.2) is 18.2 Å². The van der Waals surface area contributed by atoms with Crippen LogP contribution in [-0.4, -0.2) is 26.5 Å². The first-order chi connectivity index (χ1) is 8.62. The minimum Gasteiger partial charge on any atom is -0.312 e. The molecular formula is C14H21NO2S. The van der Waals surface area contributed by atoms with Crippen LogP contribution in [0, 0.1) is 0 Å². The van der Waals surface area contributed by atoms with Gasteiger partial charge >= 0.3 is 0 Å². The Labute approximate surface area is 110 Å². The van der Waals surface area contributed by atoms with Crippen LogP contribution >= 0.6 is 0 Å². The van der Waals surface area contributed by atoms with Crippen LogP contribution < -0.4 is 5.32 Å². The first-order valence-corrected chi connectivity index (χ1v) is 8.45. The molecular weight excluding hydrogens is 246 g/mol. The molecule has 0 atom stereocenters. The second-order valence-electron chi connectivity index (χ2n) is 4.82. The molecule has 4 heteroatoms. The molecule has 18 heavy (non-hydrogen) atoms. The van der Waals surface area contributed by atoms with Crippen LogP contribution in [0.2, 0.25) is 0 Å². The van der Waals surface area contributed by atoms with E-state index in [1.807, 2.05) is 0 Å². The summed E-state index contributed by atoms with van der Waals surface area (Å²) in [6.45, 7) is 3.68. The quantitative estimate of drug-likeness (QED) is 0.883. The van der Waals surface area contributed by atoms with E-state index < -0.39 is 9.84 Å². The third-order valence-corrected chi connectivity index (χ3v) is 5.37. The number of fused-ring (bicyclic) bond motifs is 1. The fraction of sp³-hybridized carbons (Fsp3) is 0.571. The molecule has 1 N–H and O–H groups in total. The number of aryl methyl sites for hydroxylation is 1. The van der Waals surface area contributed by atoms with Crippen molar-refractivity contribution in [3.8, 4) is 0 Å². The van der Waals surface area contributed by atoms with E-state index in [-0.39, 0.29) is 5.75 Å². The first-order valence-electron chi connectivity index (χ1n) is 6.63. The highest BCUT2D eigenvalue weighted by Crippen LogP contribution is 2.20. The summed E-state index contributed by atoms with van der Waals surface area (Å²) < 4.78 is 22.9. The molecule has 0 saturated carbocycles. The van der Waals surface area contributed by atoms with Gasteiger partial charge in [0.1, 0.15) is 9.84 Å². The number of hydrogen-bond acceptors (Lipinski definition) is 3. The van der Waals surface area contributed by atoms with Crippen LogP contribution in [0.25, 0.3) is 0 Å². The summed E-state index contributed by atoms with van der Waals surface area (Å²) in [5.74, 6) is 0.558. The van der Waals surface area contributed by atoms with E-state index in [4.69, 9.17) is 0 Å². The van der Waals surface area contributed by atoms with Gasteiger partial charge < -0.3 is 5.32 Å². The molecule has 1 aliphatic rings. The summed E-state index contributed by atoms with van der Waals surface area (Å²) in [7, 11) is -2.83. The van der Waals surface area contributed by atoms with Gasteiger partial charge in [0.2, 0.25) is 0 Å². The normalized spacial score (nSPS) is 15.4. The molecule has 1 heterocycles. The van der Waals surface area contributed by atoms with Crippen molar-refractivity contribution in [2.24, 2.45) is 0 Å². The molecule has 0 saturated heterocycles. The molecule has 0 radical (unpaired) electrons. The predicted molar refractivity (Wildman–Crippen MR) is 74.5 cm³/mol. The molecule has 0 aliphatic carbocycles. The van der Waals surface area contributed by atoms with Gasteiger partial charge in [-0.05, 0) is 42.5 Å². The highest BCUT2D eigenvalue weighted by atomic mass is 32.2. The second-order valence-corrected chi connectivity index (χ2v) is 7.29. The fourth-order valence-corrected chi connectivity index (χ4v) is 3.32. The van der Waals surface area contributed by atoms with Crippen molar-refractivity contribution >= 4 is 9.84 Å². The van der Waals surface area contributed by atoms with Crippen molar-refractivity contribution in [1.29, 1.82) is 0 Å². The molecule has 0 bridgehead atoms. The summed E-state index contributed by atoms with van der Waals surface area (Å²) in [5.41, 5.74) is 4.12. The lowest BCUT2D eigenvalue weighted by molar-refractivity contribution is 0.594. The molecule has 0 amide bonds. The van der Waals surface area contributed by atoms with Crippen molar-refractivity contribution in [3.63, 3.8) is 0 Å². The van der Waals surface area contributed by atoms with Crippen LogP contribution in [-0.2, 0) is 29.2 Å². The summed E-state index contributed by atoms with van der Waals surface area (Å²) in [6.07, 6.45) is 2.67. The van der Waals surface area contributed by atoms with E-state index in [1.54, 1.807) is 6.92 Å². The summed E-state index contributed by atoms with van der Waals surface area (Å²) in [4.78, 5) is 0. The van der Waals surface area contributed by atoms with E-state index in [0.717, 1.165) is 32.4 Å². The molecule has 1 aromatic carbocycles. The number of benzene rings is 1. The Bertz CT molecular complexity index is 509. The lowest BCUT2D eigenvalue weighted by Gasteiger charge is -2.20. The molecule has 0 fully saturated rings. The average Bonchev–Trinajstić information content (AvgIpc) is 2.39. The lowest BCUT2D eigenvalue weighted by Crippen LogP contribution is -2.24. The maximum absolute atomic E-state index is 11.5. The Morgan fingerprint density at radius 2 is 2.17 bits per heavy atom. The van der Waals surface area contributed by atoms with E-state index in [0.29, 0.717) is 5.75 Å². The third kappa shape index (κ3) is 3.33. The van der Waals surface area contributed by atoms with Crippen LogP contribution in [0.3, 0.4) is 0 Å². The Kier molecular flexibility index (Phi) is 4.40. The van der Waals surface area contributed by atoms with Gasteiger partial charge in [0.05, 0.1) is 5.75 Å². The van der Waals surface area contributed by atoms with Gasteiger partial charge in [0.15, 0.2) is 0 Å². The summed E-state index contributed by atoms with van der Waals surface area (Å²) >= 11 is 0. The number of hydrogen-bond donors (Lipinski definition) is 1. The van der Waals surface area contributed by atoms with Crippen molar-refractivity contribution in [3.05, 3.63) is 34.9 Å². The Balaban J connectivity index is 2.02. The van der Waals surface area contributed by atoms with Crippen LogP contribution in [0.5, 0.6) is 0 Å². The van der Waals surface area contributed by atoms with Crippen LogP contribution in [0.1, 0.15) is 30.0 Å². The van der Waals surface area contributed by atoms with Gasteiger partial charge in [0.25, 0.3) is 0 Å². The van der Waals surface area contributed by atoms with Crippen molar-refractivity contribution in [1.82, 2.24) is 5.32 Å². The zero-order chi connectivity index (χ0) is 13.0. The maximum atomic E-state index is 11.5. The monoisotopic (exact) mass is 267 g/mol. The largest absolute Gasteiger partial charge is 0.312 e. The predicted octanol–water partition coefficient (Wildman–Crippen LogP) is 1.70. The van der Waals surface area contributed by atoms with E-state index in [9.17, 15) is 8.42 Å². The maximum Gasteiger partial charge on any atom is 0.150 e. The number of rotatable bonds is 5. The SMILES string of the molecule is CCS(=O)(=O)CCCc1cccc2c1CNCC2. The lowest BCUT2D eigenvalue weighted by atomic mass is 9.94. The topological polar surface area (TPSA) is 46.2 Å². The molecule has 0 unspecified atom stereocenters. The minimum absolute atomic E-state index is 0.251. The van der Waals surface area contributed by atoms with Crippen molar-refractivity contribution in [2.75, 3.05) is 18.1 Å². The molecule has 100 valence electrons. The van der Waals surface area contributed by atoms with Crippen molar-refractivity contribution in [2.45, 2.75) is 32.7 Å². The standard InChI is InChI=1S/C14H21NO2S/c1-2-18(16,17)10-4-7-12-5-3-6-13-8-9-15-11-14(12)13/h3,5-6,15H,2,4,7-11H2,1H3. The number of nitrogens with one attached hydrogen (secondary N) is 1. The van der Waals surface area contributed by atoms with E-state index in [2.05, 4.69) is 23.5 Å². The first kappa shape index (κ1) is 13.6. The number of sulfone groups is 1. The van der Waals surface area contributed by atoms with Gasteiger partial charge in [-0.3, -0.25) is 0 Å². The highest BCUT2D eigenvalue weighted by Gasteiger charge is 2.13. The zero-order valence-corrected chi connectivity index (χ0v) is 11.7. The molecule has 1 aliphatic heterocycles. The van der Waals surface area contributed by atoms with Gasteiger partial charge in [-0.1, -0.05) is 25.1 Å². The van der Waals surface area contributed by atoms with E-state index in [1.165, 1.54) is 16.7 Å². The summed E-state index contributed by atoms with van der Waals surface area (Å²) in [5, 5.41) is 3.38. The minimum atomic E-state index is -2.83. The zero-order valence-electron chi connectivity index (χ0n) is 10.9. The fourth-order valence-electron chi connectivity index (χ4n) is 2.45. The van der Waals surface area contributed by atoms with Crippen molar-refractivity contribution < 1.29 is 8.42 Å². The average molecular weight is 267 g/mol. The smallest absolute Gasteiger partial charge is 0.150 e. The third-order valence-electron chi connectivity index (χ3n) is 3.58. The van der Waals surface area contributed by atoms with Gasteiger partial charge in [-0.2, -0.15) is 0 Å². The molecule has 2 rings (SSSR count). The Morgan fingerprint density at radius 1 is 1.33 bits per heavy atom. The summed E-state index contributed by atoms with van der Waals surface area (Å²) in [6, 6.07) is 6.40. The Morgan fingerprint density at radius 3 is 2.94 bits per heavy atom. The highest BCUT2D eigenvalue weighted by molar-refractivity contribution is 7.91.